The highest BCUT2D eigenvalue weighted by molar-refractivity contribution is 6.19. The summed E-state index contributed by atoms with van der Waals surface area (Å²) in [7, 11) is 0. The molecule has 5 heteroatoms. The van der Waals surface area contributed by atoms with Crippen LogP contribution in [0.25, 0.3) is 0 Å². The third kappa shape index (κ3) is 1.22. The Morgan fingerprint density at radius 2 is 2.29 bits per heavy atom. The van der Waals surface area contributed by atoms with Crippen LogP contribution in [0.3, 0.4) is 0 Å². The van der Waals surface area contributed by atoms with E-state index in [0.29, 0.717) is 5.71 Å². The fraction of sp³-hybridized carbons (Fsp3) is 0.333. The third-order valence-corrected chi connectivity index (χ3v) is 2.18. The van der Waals surface area contributed by atoms with E-state index in [9.17, 15) is 4.79 Å². The zero-order valence-electron chi connectivity index (χ0n) is 8.00. The van der Waals surface area contributed by atoms with Crippen molar-refractivity contribution in [2.24, 2.45) is 10.8 Å². The average Bonchev–Trinajstić information content (AvgIpc) is 2.59. The largest absolute Gasteiger partial charge is 0.466 e. The molecule has 0 aromatic carbocycles. The molecule has 2 heterocycles. The molecule has 0 fully saturated rings. The molecule has 74 valence electrons. The van der Waals surface area contributed by atoms with Gasteiger partial charge in [-0.2, -0.15) is 5.10 Å². The van der Waals surface area contributed by atoms with E-state index in [1.807, 2.05) is 19.9 Å². The number of furan rings is 1. The Morgan fingerprint density at radius 3 is 2.71 bits per heavy atom. The molecular formula is C9H11N3O2. The zero-order chi connectivity index (χ0) is 10.3. The molecule has 1 aromatic rings. The van der Waals surface area contributed by atoms with E-state index in [0.717, 1.165) is 17.1 Å². The Morgan fingerprint density at radius 1 is 1.57 bits per heavy atom. The minimum absolute atomic E-state index is 0.279. The van der Waals surface area contributed by atoms with Gasteiger partial charge in [-0.15, -0.1) is 0 Å². The van der Waals surface area contributed by atoms with Crippen LogP contribution in [0.2, 0.25) is 0 Å². The Balaban J connectivity index is 2.41. The predicted molar refractivity (Wildman–Crippen MR) is 50.8 cm³/mol. The van der Waals surface area contributed by atoms with Crippen LogP contribution in [0.5, 0.6) is 0 Å². The van der Waals surface area contributed by atoms with E-state index >= 15 is 0 Å². The molecule has 0 saturated carbocycles. The molecule has 3 N–H and O–H groups in total. The molecule has 0 saturated heterocycles. The van der Waals surface area contributed by atoms with Crippen LogP contribution in [0, 0.1) is 13.8 Å². The van der Waals surface area contributed by atoms with Gasteiger partial charge in [-0.1, -0.05) is 0 Å². The number of hydrogen-bond donors (Lipinski definition) is 2. The highest BCUT2D eigenvalue weighted by atomic mass is 16.3. The fourth-order valence-corrected chi connectivity index (χ4v) is 1.49. The monoisotopic (exact) mass is 193 g/mol. The van der Waals surface area contributed by atoms with E-state index in [1.165, 1.54) is 0 Å². The molecule has 1 aliphatic rings. The zero-order valence-corrected chi connectivity index (χ0v) is 8.00. The molecule has 1 atom stereocenters. The summed E-state index contributed by atoms with van der Waals surface area (Å²) in [5.41, 5.74) is 9.33. The van der Waals surface area contributed by atoms with Gasteiger partial charge in [0.2, 0.25) is 0 Å². The molecule has 1 aliphatic heterocycles. The molecule has 0 spiro atoms. The maximum Gasteiger partial charge on any atom is 0.263 e. The molecular weight excluding hydrogens is 182 g/mol. The summed E-state index contributed by atoms with van der Waals surface area (Å²) in [6.07, 6.45) is 0. The highest BCUT2D eigenvalue weighted by Crippen LogP contribution is 2.17. The number of carbonyl (C=O) groups excluding carboxylic acids is 1. The minimum Gasteiger partial charge on any atom is -0.466 e. The van der Waals surface area contributed by atoms with Gasteiger partial charge in [0.25, 0.3) is 5.91 Å². The summed E-state index contributed by atoms with van der Waals surface area (Å²) < 4.78 is 5.34. The molecule has 0 aliphatic carbocycles. The molecule has 1 aromatic heterocycles. The summed E-state index contributed by atoms with van der Waals surface area (Å²) in [6, 6.07) is 1.14. The van der Waals surface area contributed by atoms with Crippen molar-refractivity contribution >= 4 is 11.6 Å². The Kier molecular flexibility index (Phi) is 1.89. The number of hydrogen-bond acceptors (Lipinski definition) is 4. The topological polar surface area (TPSA) is 80.6 Å². The van der Waals surface area contributed by atoms with Gasteiger partial charge in [0.05, 0.1) is 5.71 Å². The smallest absolute Gasteiger partial charge is 0.263 e. The number of amides is 1. The number of hydrazone groups is 1. The van der Waals surface area contributed by atoms with Gasteiger partial charge in [-0.05, 0) is 19.9 Å². The van der Waals surface area contributed by atoms with Gasteiger partial charge in [0.1, 0.15) is 17.6 Å². The van der Waals surface area contributed by atoms with Gasteiger partial charge in [-0.3, -0.25) is 4.79 Å². The molecule has 1 unspecified atom stereocenters. The number of rotatable bonds is 1. The fourth-order valence-electron chi connectivity index (χ4n) is 1.49. The standard InChI is InChI=1S/C9H11N3O2/c1-4-3-6(5(2)14-4)8-7(10)9(13)12-11-8/h3,7H,10H2,1-2H3,(H,12,13). The summed E-state index contributed by atoms with van der Waals surface area (Å²) in [4.78, 5) is 11.1. The summed E-state index contributed by atoms with van der Waals surface area (Å²) >= 11 is 0. The van der Waals surface area contributed by atoms with E-state index in [4.69, 9.17) is 10.2 Å². The Labute approximate surface area is 81.0 Å². The van der Waals surface area contributed by atoms with Gasteiger partial charge < -0.3 is 10.2 Å². The Bertz CT molecular complexity index is 420. The summed E-state index contributed by atoms with van der Waals surface area (Å²) in [5, 5.41) is 3.87. The first kappa shape index (κ1) is 8.96. The first-order valence-corrected chi connectivity index (χ1v) is 4.30. The van der Waals surface area contributed by atoms with Crippen molar-refractivity contribution in [2.45, 2.75) is 19.9 Å². The number of carbonyl (C=O) groups is 1. The van der Waals surface area contributed by atoms with Crippen molar-refractivity contribution in [3.63, 3.8) is 0 Å². The molecule has 0 radical (unpaired) electrons. The lowest BCUT2D eigenvalue weighted by atomic mass is 10.1. The molecule has 1 amide bonds. The maximum absolute atomic E-state index is 11.1. The van der Waals surface area contributed by atoms with E-state index in [1.54, 1.807) is 0 Å². The number of nitrogens with zero attached hydrogens (tertiary/aromatic N) is 1. The highest BCUT2D eigenvalue weighted by Gasteiger charge is 2.29. The first-order valence-electron chi connectivity index (χ1n) is 4.30. The second kappa shape index (κ2) is 2.95. The van der Waals surface area contributed by atoms with Crippen molar-refractivity contribution in [3.05, 3.63) is 23.2 Å². The quantitative estimate of drug-likeness (QED) is 0.661. The van der Waals surface area contributed by atoms with Crippen molar-refractivity contribution < 1.29 is 9.21 Å². The van der Waals surface area contributed by atoms with Crippen LogP contribution in [-0.4, -0.2) is 17.7 Å². The average molecular weight is 193 g/mol. The van der Waals surface area contributed by atoms with Gasteiger partial charge >= 0.3 is 0 Å². The van der Waals surface area contributed by atoms with Gasteiger partial charge in [0, 0.05) is 5.56 Å². The minimum atomic E-state index is -0.689. The lowest BCUT2D eigenvalue weighted by Crippen LogP contribution is -2.37. The maximum atomic E-state index is 11.1. The molecule has 0 bridgehead atoms. The lowest BCUT2D eigenvalue weighted by Gasteiger charge is -2.01. The predicted octanol–water partition coefficient (Wildman–Crippen LogP) is 0.0576. The van der Waals surface area contributed by atoms with Crippen molar-refractivity contribution in [3.8, 4) is 0 Å². The number of nitrogens with two attached hydrogens (primary N) is 1. The van der Waals surface area contributed by atoms with Crippen LogP contribution in [-0.2, 0) is 4.79 Å². The molecule has 2 rings (SSSR count). The molecule has 5 nitrogen and oxygen atoms in total. The van der Waals surface area contributed by atoms with Crippen LogP contribution in [0.4, 0.5) is 0 Å². The van der Waals surface area contributed by atoms with Crippen LogP contribution < -0.4 is 11.2 Å². The van der Waals surface area contributed by atoms with Crippen LogP contribution >= 0.6 is 0 Å². The van der Waals surface area contributed by atoms with Crippen LogP contribution in [0.15, 0.2) is 15.6 Å². The third-order valence-electron chi connectivity index (χ3n) is 2.18. The Hall–Kier alpha value is -1.62. The second-order valence-electron chi connectivity index (χ2n) is 3.28. The number of nitrogens with one attached hydrogen (secondary N) is 1. The number of aryl methyl sites for hydroxylation is 2. The van der Waals surface area contributed by atoms with Crippen LogP contribution in [0.1, 0.15) is 17.1 Å². The van der Waals surface area contributed by atoms with Gasteiger partial charge in [0.15, 0.2) is 0 Å². The summed E-state index contributed by atoms with van der Waals surface area (Å²) in [5.74, 6) is 1.23. The SMILES string of the molecule is Cc1cc(C2=NNC(=O)C2N)c(C)o1. The van der Waals surface area contributed by atoms with Crippen molar-refractivity contribution in [1.82, 2.24) is 5.43 Å². The lowest BCUT2D eigenvalue weighted by molar-refractivity contribution is -0.120. The van der Waals surface area contributed by atoms with E-state index in [-0.39, 0.29) is 5.91 Å². The van der Waals surface area contributed by atoms with E-state index in [2.05, 4.69) is 10.5 Å². The second-order valence-corrected chi connectivity index (χ2v) is 3.28. The van der Waals surface area contributed by atoms with Gasteiger partial charge in [-0.25, -0.2) is 5.43 Å². The normalized spacial score (nSPS) is 20.9. The first-order chi connectivity index (χ1) is 6.59. The van der Waals surface area contributed by atoms with Crippen molar-refractivity contribution in [1.29, 1.82) is 0 Å². The van der Waals surface area contributed by atoms with E-state index < -0.39 is 6.04 Å². The van der Waals surface area contributed by atoms with Crippen molar-refractivity contribution in [2.75, 3.05) is 0 Å². The molecule has 14 heavy (non-hydrogen) atoms. The summed E-state index contributed by atoms with van der Waals surface area (Å²) in [6.45, 7) is 3.66.